The fourth-order valence-corrected chi connectivity index (χ4v) is 2.43. The van der Waals surface area contributed by atoms with Gasteiger partial charge in [-0.15, -0.1) is 0 Å². The second kappa shape index (κ2) is 7.23. The summed E-state index contributed by atoms with van der Waals surface area (Å²) in [4.78, 5) is 18.6. The number of amides is 1. The molecule has 0 unspecified atom stereocenters. The number of pyridine rings is 1. The van der Waals surface area contributed by atoms with E-state index in [9.17, 15) is 9.18 Å². The molecule has 0 radical (unpaired) electrons. The summed E-state index contributed by atoms with van der Waals surface area (Å²) in [5, 5.41) is 0.558. The van der Waals surface area contributed by atoms with Crippen molar-refractivity contribution in [2.24, 2.45) is 0 Å². The number of ether oxygens (including phenoxy) is 1. The van der Waals surface area contributed by atoms with Gasteiger partial charge in [-0.1, -0.05) is 18.2 Å². The van der Waals surface area contributed by atoms with Gasteiger partial charge in [-0.05, 0) is 24.3 Å². The van der Waals surface area contributed by atoms with Gasteiger partial charge in [0.15, 0.2) is 17.2 Å². The van der Waals surface area contributed by atoms with Gasteiger partial charge in [-0.25, -0.2) is 4.39 Å². The summed E-state index contributed by atoms with van der Waals surface area (Å²) in [5.74, 6) is -0.713. The Morgan fingerprint density at radius 2 is 2.17 bits per heavy atom. The summed E-state index contributed by atoms with van der Waals surface area (Å²) in [6.45, 7) is 1.08. The summed E-state index contributed by atoms with van der Waals surface area (Å²) in [5.41, 5.74) is 0.842. The third-order valence-corrected chi connectivity index (χ3v) is 3.64. The van der Waals surface area contributed by atoms with Gasteiger partial charge in [0.25, 0.3) is 5.91 Å². The molecule has 24 heavy (non-hydrogen) atoms. The Balaban J connectivity index is 1.87. The van der Waals surface area contributed by atoms with E-state index in [1.165, 1.54) is 6.07 Å². The summed E-state index contributed by atoms with van der Waals surface area (Å²) in [7, 11) is 1.57. The van der Waals surface area contributed by atoms with Crippen molar-refractivity contribution >= 4 is 16.9 Å². The summed E-state index contributed by atoms with van der Waals surface area (Å²) >= 11 is 0. The lowest BCUT2D eigenvalue weighted by molar-refractivity contribution is 0.0649. The maximum absolute atomic E-state index is 13.8. The van der Waals surface area contributed by atoms with Gasteiger partial charge < -0.3 is 14.1 Å². The first-order valence-corrected chi connectivity index (χ1v) is 7.55. The molecule has 0 fully saturated rings. The normalized spacial score (nSPS) is 10.9. The Morgan fingerprint density at radius 1 is 1.29 bits per heavy atom. The minimum absolute atomic E-state index is 0.0883. The predicted octanol–water partition coefficient (Wildman–Crippen LogP) is 3.26. The molecule has 5 nitrogen and oxygen atoms in total. The van der Waals surface area contributed by atoms with Gasteiger partial charge in [0.05, 0.1) is 18.8 Å². The van der Waals surface area contributed by atoms with E-state index in [0.717, 1.165) is 5.69 Å². The van der Waals surface area contributed by atoms with Crippen LogP contribution in [0.25, 0.3) is 11.0 Å². The number of rotatable bonds is 6. The quantitative estimate of drug-likeness (QED) is 0.697. The minimum atomic E-state index is -0.486. The van der Waals surface area contributed by atoms with E-state index < -0.39 is 5.82 Å². The molecule has 0 saturated carbocycles. The summed E-state index contributed by atoms with van der Waals surface area (Å²) < 4.78 is 24.3. The van der Waals surface area contributed by atoms with Crippen LogP contribution in [0.3, 0.4) is 0 Å². The number of halogens is 1. The molecule has 0 aliphatic rings. The fourth-order valence-electron chi connectivity index (χ4n) is 2.43. The zero-order valence-corrected chi connectivity index (χ0v) is 13.2. The first-order chi connectivity index (χ1) is 11.7. The average molecular weight is 328 g/mol. The summed E-state index contributed by atoms with van der Waals surface area (Å²) in [6.07, 6.45) is 1.67. The molecular weight excluding hydrogens is 311 g/mol. The van der Waals surface area contributed by atoms with Gasteiger partial charge in [0.2, 0.25) is 0 Å². The molecule has 0 atom stereocenters. The molecule has 124 valence electrons. The highest BCUT2D eigenvalue weighted by atomic mass is 19.1. The van der Waals surface area contributed by atoms with Crippen molar-refractivity contribution in [2.45, 2.75) is 6.54 Å². The first kappa shape index (κ1) is 16.1. The fraction of sp³-hybridized carbons (Fsp3) is 0.222. The number of para-hydroxylation sites is 1. The molecule has 1 aromatic carbocycles. The molecule has 2 heterocycles. The average Bonchev–Trinajstić information content (AvgIpc) is 3.04. The second-order valence-corrected chi connectivity index (χ2v) is 5.31. The van der Waals surface area contributed by atoms with E-state index in [-0.39, 0.29) is 17.3 Å². The maximum Gasteiger partial charge on any atom is 0.290 e. The Labute approximate surface area is 138 Å². The smallest absolute Gasteiger partial charge is 0.290 e. The number of methoxy groups -OCH3 is 1. The number of benzene rings is 1. The number of carbonyl (C=O) groups is 1. The third-order valence-electron chi connectivity index (χ3n) is 3.64. The standard InChI is InChI=1S/C18H17FN2O3/c1-23-10-9-21(12-14-6-2-3-8-20-14)18(22)16-11-13-5-4-7-15(19)17(13)24-16/h2-8,11H,9-10,12H2,1H3. The molecule has 0 aliphatic carbocycles. The predicted molar refractivity (Wildman–Crippen MR) is 87.0 cm³/mol. The van der Waals surface area contributed by atoms with Crippen LogP contribution in [0.2, 0.25) is 0 Å². The Bertz CT molecular complexity index is 833. The SMILES string of the molecule is COCCN(Cc1ccccn1)C(=O)c1cc2cccc(F)c2o1. The Morgan fingerprint density at radius 3 is 2.88 bits per heavy atom. The van der Waals surface area contributed by atoms with Crippen molar-refractivity contribution in [3.8, 4) is 0 Å². The zero-order valence-electron chi connectivity index (χ0n) is 13.2. The zero-order chi connectivity index (χ0) is 16.9. The number of hydrogen-bond donors (Lipinski definition) is 0. The van der Waals surface area contributed by atoms with Crippen LogP contribution in [0.15, 0.2) is 53.1 Å². The number of nitrogens with zero attached hydrogens (tertiary/aromatic N) is 2. The highest BCUT2D eigenvalue weighted by Crippen LogP contribution is 2.23. The van der Waals surface area contributed by atoms with Crippen LogP contribution < -0.4 is 0 Å². The first-order valence-electron chi connectivity index (χ1n) is 7.55. The largest absolute Gasteiger partial charge is 0.448 e. The number of carbonyl (C=O) groups excluding carboxylic acids is 1. The highest BCUT2D eigenvalue weighted by molar-refractivity contribution is 5.96. The third kappa shape index (κ3) is 3.44. The van der Waals surface area contributed by atoms with E-state index in [1.54, 1.807) is 36.4 Å². The van der Waals surface area contributed by atoms with Gasteiger partial charge >= 0.3 is 0 Å². The molecular formula is C18H17FN2O3. The lowest BCUT2D eigenvalue weighted by Gasteiger charge is -2.20. The number of fused-ring (bicyclic) bond motifs is 1. The lowest BCUT2D eigenvalue weighted by atomic mass is 10.2. The molecule has 0 spiro atoms. The minimum Gasteiger partial charge on any atom is -0.448 e. The molecule has 1 amide bonds. The van der Waals surface area contributed by atoms with Crippen molar-refractivity contribution in [2.75, 3.05) is 20.3 Å². The van der Waals surface area contributed by atoms with Crippen LogP contribution in [0.5, 0.6) is 0 Å². The Kier molecular flexibility index (Phi) is 4.86. The van der Waals surface area contributed by atoms with Crippen LogP contribution in [0.1, 0.15) is 16.2 Å². The number of aromatic nitrogens is 1. The molecule has 3 rings (SSSR count). The van der Waals surface area contributed by atoms with Gasteiger partial charge in [0.1, 0.15) is 0 Å². The topological polar surface area (TPSA) is 55.6 Å². The van der Waals surface area contributed by atoms with Crippen molar-refractivity contribution in [1.82, 2.24) is 9.88 Å². The van der Waals surface area contributed by atoms with E-state index >= 15 is 0 Å². The van der Waals surface area contributed by atoms with Crippen LogP contribution in [-0.2, 0) is 11.3 Å². The molecule has 0 bridgehead atoms. The molecule has 0 aliphatic heterocycles. The van der Waals surface area contributed by atoms with Crippen molar-refractivity contribution in [3.05, 3.63) is 65.9 Å². The van der Waals surface area contributed by atoms with Crippen LogP contribution in [-0.4, -0.2) is 36.1 Å². The summed E-state index contributed by atoms with van der Waals surface area (Å²) in [6, 6.07) is 11.7. The second-order valence-electron chi connectivity index (χ2n) is 5.31. The van der Waals surface area contributed by atoms with E-state index in [2.05, 4.69) is 4.98 Å². The molecule has 0 saturated heterocycles. The van der Waals surface area contributed by atoms with Gasteiger partial charge in [-0.3, -0.25) is 9.78 Å². The van der Waals surface area contributed by atoms with E-state index in [0.29, 0.717) is 25.1 Å². The number of hydrogen-bond acceptors (Lipinski definition) is 4. The van der Waals surface area contributed by atoms with Gasteiger partial charge in [-0.2, -0.15) is 0 Å². The van der Waals surface area contributed by atoms with Crippen molar-refractivity contribution in [1.29, 1.82) is 0 Å². The van der Waals surface area contributed by atoms with Crippen molar-refractivity contribution in [3.63, 3.8) is 0 Å². The monoisotopic (exact) mass is 328 g/mol. The van der Waals surface area contributed by atoms with Gasteiger partial charge in [0, 0.05) is 25.2 Å². The van der Waals surface area contributed by atoms with E-state index in [1.807, 2.05) is 18.2 Å². The Hall–Kier alpha value is -2.73. The molecule has 2 aromatic heterocycles. The van der Waals surface area contributed by atoms with Crippen LogP contribution >= 0.6 is 0 Å². The highest BCUT2D eigenvalue weighted by Gasteiger charge is 2.21. The van der Waals surface area contributed by atoms with Crippen LogP contribution in [0.4, 0.5) is 4.39 Å². The van der Waals surface area contributed by atoms with E-state index in [4.69, 9.17) is 9.15 Å². The number of furan rings is 1. The molecule has 3 aromatic rings. The van der Waals surface area contributed by atoms with Crippen LogP contribution in [0, 0.1) is 5.82 Å². The molecule has 6 heteroatoms. The van der Waals surface area contributed by atoms with Crippen molar-refractivity contribution < 1.29 is 18.3 Å². The molecule has 0 N–H and O–H groups in total. The maximum atomic E-state index is 13.8. The lowest BCUT2D eigenvalue weighted by Crippen LogP contribution is -2.33.